The van der Waals surface area contributed by atoms with Gasteiger partial charge in [0.05, 0.1) is 0 Å². The van der Waals surface area contributed by atoms with Crippen molar-refractivity contribution in [2.75, 3.05) is 0 Å². The summed E-state index contributed by atoms with van der Waals surface area (Å²) < 4.78 is 13.5. The Morgan fingerprint density at radius 3 is 2.84 bits per heavy atom. The number of thiophene rings is 1. The summed E-state index contributed by atoms with van der Waals surface area (Å²) in [5.41, 5.74) is 6.47. The smallest absolute Gasteiger partial charge is 0.239 e. The first-order valence-corrected chi connectivity index (χ1v) is 6.77. The lowest BCUT2D eigenvalue weighted by atomic mass is 10.0. The van der Waals surface area contributed by atoms with Gasteiger partial charge >= 0.3 is 0 Å². The van der Waals surface area contributed by atoms with Gasteiger partial charge < -0.3 is 5.73 Å². The molecule has 5 heteroatoms. The lowest BCUT2D eigenvalue weighted by molar-refractivity contribution is -0.120. The fraction of sp³-hybridized carbons (Fsp3) is 0.214. The number of carbonyl (C=O) groups excluding carboxylic acids is 1. The zero-order chi connectivity index (χ0) is 13.8. The first kappa shape index (κ1) is 13.7. The van der Waals surface area contributed by atoms with E-state index in [2.05, 4.69) is 5.32 Å². The van der Waals surface area contributed by atoms with Crippen LogP contribution in [-0.2, 0) is 11.3 Å². The minimum absolute atomic E-state index is 0.332. The van der Waals surface area contributed by atoms with Crippen molar-refractivity contribution in [1.82, 2.24) is 5.32 Å². The molecule has 2 rings (SSSR count). The highest BCUT2D eigenvalue weighted by atomic mass is 32.1. The van der Waals surface area contributed by atoms with Crippen molar-refractivity contribution in [2.24, 2.45) is 5.73 Å². The number of benzene rings is 1. The quantitative estimate of drug-likeness (QED) is 0.883. The summed E-state index contributed by atoms with van der Waals surface area (Å²) in [5, 5.41) is 5.01. The Morgan fingerprint density at radius 2 is 2.26 bits per heavy atom. The van der Waals surface area contributed by atoms with Crippen LogP contribution in [0, 0.1) is 12.7 Å². The summed E-state index contributed by atoms with van der Waals surface area (Å²) in [6, 6.07) is 7.93. The van der Waals surface area contributed by atoms with Crippen LogP contribution in [-0.4, -0.2) is 5.91 Å². The molecule has 100 valence electrons. The van der Waals surface area contributed by atoms with E-state index in [1.807, 2.05) is 17.5 Å². The standard InChI is InChI=1S/C14H15FN2OS/c1-9-4-5-10(7-12(9)15)13(14(16)18)17-8-11-3-2-6-19-11/h2-7,13,17H,8H2,1H3,(H2,16,18). The van der Waals surface area contributed by atoms with Crippen LogP contribution >= 0.6 is 11.3 Å². The Balaban J connectivity index is 2.15. The Morgan fingerprint density at radius 1 is 1.47 bits per heavy atom. The highest BCUT2D eigenvalue weighted by molar-refractivity contribution is 7.09. The fourth-order valence-electron chi connectivity index (χ4n) is 1.79. The molecule has 0 aliphatic rings. The topological polar surface area (TPSA) is 55.1 Å². The molecule has 0 fully saturated rings. The van der Waals surface area contributed by atoms with E-state index in [4.69, 9.17) is 5.73 Å². The van der Waals surface area contributed by atoms with Gasteiger partial charge in [0.1, 0.15) is 11.9 Å². The van der Waals surface area contributed by atoms with E-state index in [1.165, 1.54) is 6.07 Å². The van der Waals surface area contributed by atoms with Crippen molar-refractivity contribution < 1.29 is 9.18 Å². The number of rotatable bonds is 5. The molecule has 1 aromatic heterocycles. The van der Waals surface area contributed by atoms with E-state index < -0.39 is 11.9 Å². The molecule has 3 nitrogen and oxygen atoms in total. The number of primary amides is 1. The molecule has 1 amide bonds. The van der Waals surface area contributed by atoms with Gasteiger partial charge in [0.2, 0.25) is 5.91 Å². The van der Waals surface area contributed by atoms with Crippen molar-refractivity contribution in [3.63, 3.8) is 0 Å². The molecule has 0 saturated carbocycles. The number of amides is 1. The second-order valence-corrected chi connectivity index (χ2v) is 5.34. The van der Waals surface area contributed by atoms with Crippen molar-refractivity contribution >= 4 is 17.2 Å². The molecule has 0 aliphatic heterocycles. The lowest BCUT2D eigenvalue weighted by Crippen LogP contribution is -2.33. The number of hydrogen-bond acceptors (Lipinski definition) is 3. The summed E-state index contributed by atoms with van der Waals surface area (Å²) in [5.74, 6) is -0.846. The van der Waals surface area contributed by atoms with Crippen LogP contribution in [0.5, 0.6) is 0 Å². The molecule has 0 saturated heterocycles. The van der Waals surface area contributed by atoms with Crippen LogP contribution in [0.15, 0.2) is 35.7 Å². The third kappa shape index (κ3) is 3.39. The highest BCUT2D eigenvalue weighted by Gasteiger charge is 2.18. The van der Waals surface area contributed by atoms with Crippen molar-refractivity contribution in [1.29, 1.82) is 0 Å². The molecule has 0 aliphatic carbocycles. The van der Waals surface area contributed by atoms with Crippen LogP contribution in [0.1, 0.15) is 22.0 Å². The molecule has 1 atom stereocenters. The Bertz CT molecular complexity index is 569. The van der Waals surface area contributed by atoms with Gasteiger partial charge in [-0.15, -0.1) is 11.3 Å². The van der Waals surface area contributed by atoms with Crippen molar-refractivity contribution in [2.45, 2.75) is 19.5 Å². The average Bonchev–Trinajstić information content (AvgIpc) is 2.86. The summed E-state index contributed by atoms with van der Waals surface area (Å²) in [6.07, 6.45) is 0. The van der Waals surface area contributed by atoms with Crippen molar-refractivity contribution in [3.05, 3.63) is 57.5 Å². The SMILES string of the molecule is Cc1ccc(C(NCc2cccs2)C(N)=O)cc1F. The summed E-state index contributed by atoms with van der Waals surface area (Å²) >= 11 is 1.59. The van der Waals surface area contributed by atoms with E-state index in [9.17, 15) is 9.18 Å². The van der Waals surface area contributed by atoms with Gasteiger partial charge in [-0.3, -0.25) is 10.1 Å². The molecule has 0 bridgehead atoms. The summed E-state index contributed by atoms with van der Waals surface area (Å²) in [7, 11) is 0. The normalized spacial score (nSPS) is 12.3. The van der Waals surface area contributed by atoms with Crippen molar-refractivity contribution in [3.8, 4) is 0 Å². The molecule has 1 heterocycles. The molecule has 19 heavy (non-hydrogen) atoms. The largest absolute Gasteiger partial charge is 0.368 e. The predicted molar refractivity (Wildman–Crippen MR) is 74.2 cm³/mol. The monoisotopic (exact) mass is 278 g/mol. The first-order chi connectivity index (χ1) is 9.08. The second kappa shape index (κ2) is 5.95. The summed E-state index contributed by atoms with van der Waals surface area (Å²) in [4.78, 5) is 12.6. The molecular weight excluding hydrogens is 263 g/mol. The predicted octanol–water partition coefficient (Wildman–Crippen LogP) is 2.51. The maximum atomic E-state index is 13.5. The molecule has 1 aromatic carbocycles. The number of hydrogen-bond donors (Lipinski definition) is 2. The van der Waals surface area contributed by atoms with Crippen LogP contribution < -0.4 is 11.1 Å². The van der Waals surface area contributed by atoms with Gasteiger partial charge in [0.25, 0.3) is 0 Å². The number of halogens is 1. The Hall–Kier alpha value is -1.72. The van der Waals surface area contributed by atoms with E-state index in [-0.39, 0.29) is 5.82 Å². The maximum Gasteiger partial charge on any atom is 0.239 e. The maximum absolute atomic E-state index is 13.5. The van der Waals surface area contributed by atoms with E-state index in [0.717, 1.165) is 4.88 Å². The number of carbonyl (C=O) groups is 1. The fourth-order valence-corrected chi connectivity index (χ4v) is 2.44. The zero-order valence-electron chi connectivity index (χ0n) is 10.5. The van der Waals surface area contributed by atoms with E-state index in [0.29, 0.717) is 17.7 Å². The Kier molecular flexibility index (Phi) is 4.29. The number of nitrogens with one attached hydrogen (secondary N) is 1. The zero-order valence-corrected chi connectivity index (χ0v) is 11.3. The highest BCUT2D eigenvalue weighted by Crippen LogP contribution is 2.18. The molecule has 0 radical (unpaired) electrons. The van der Waals surface area contributed by atoms with Gasteiger partial charge in [-0.05, 0) is 35.6 Å². The van der Waals surface area contributed by atoms with Gasteiger partial charge in [-0.2, -0.15) is 0 Å². The van der Waals surface area contributed by atoms with Crippen LogP contribution in [0.4, 0.5) is 4.39 Å². The molecule has 2 aromatic rings. The van der Waals surface area contributed by atoms with Gasteiger partial charge in [0, 0.05) is 11.4 Å². The first-order valence-electron chi connectivity index (χ1n) is 5.89. The summed E-state index contributed by atoms with van der Waals surface area (Å²) in [6.45, 7) is 2.21. The van der Waals surface area contributed by atoms with E-state index in [1.54, 1.807) is 30.4 Å². The van der Waals surface area contributed by atoms with Crippen LogP contribution in [0.3, 0.4) is 0 Å². The minimum Gasteiger partial charge on any atom is -0.368 e. The van der Waals surface area contributed by atoms with E-state index >= 15 is 0 Å². The minimum atomic E-state index is -0.683. The number of nitrogens with two attached hydrogens (primary N) is 1. The lowest BCUT2D eigenvalue weighted by Gasteiger charge is -2.16. The van der Waals surface area contributed by atoms with Gasteiger partial charge in [-0.1, -0.05) is 18.2 Å². The molecule has 3 N–H and O–H groups in total. The number of aryl methyl sites for hydroxylation is 1. The van der Waals surface area contributed by atoms with Crippen LogP contribution in [0.2, 0.25) is 0 Å². The molecule has 0 spiro atoms. The van der Waals surface area contributed by atoms with Gasteiger partial charge in [-0.25, -0.2) is 4.39 Å². The third-order valence-electron chi connectivity index (χ3n) is 2.87. The van der Waals surface area contributed by atoms with Crippen LogP contribution in [0.25, 0.3) is 0 Å². The Labute approximate surface area is 115 Å². The second-order valence-electron chi connectivity index (χ2n) is 4.30. The third-order valence-corrected chi connectivity index (χ3v) is 3.75. The average molecular weight is 278 g/mol. The molecule has 1 unspecified atom stereocenters. The van der Waals surface area contributed by atoms with Gasteiger partial charge in [0.15, 0.2) is 0 Å². The molecular formula is C14H15FN2OS.